The van der Waals surface area contributed by atoms with Gasteiger partial charge < -0.3 is 25.0 Å². The van der Waals surface area contributed by atoms with Crippen molar-refractivity contribution < 1.29 is 39.3 Å². The summed E-state index contributed by atoms with van der Waals surface area (Å²) in [6, 6.07) is 26.5. The lowest BCUT2D eigenvalue weighted by Gasteiger charge is -2.36. The van der Waals surface area contributed by atoms with Gasteiger partial charge in [-0.2, -0.15) is 0 Å². The number of hydrogen-bond donors (Lipinski definition) is 5. The highest BCUT2D eigenvalue weighted by molar-refractivity contribution is 7.99. The summed E-state index contributed by atoms with van der Waals surface area (Å²) in [5, 5.41) is 31.0. The summed E-state index contributed by atoms with van der Waals surface area (Å²) in [6.45, 7) is 0.289. The number of carboxylic acids is 1. The zero-order valence-corrected chi connectivity index (χ0v) is 26.9. The van der Waals surface area contributed by atoms with Crippen molar-refractivity contribution in [2.75, 3.05) is 5.75 Å². The summed E-state index contributed by atoms with van der Waals surface area (Å²) >= 11 is 1.34. The number of amides is 2. The standard InChI is InChI=1S/C36H37N3O8S/c40-21-23-9-11-26(12-10-23)31-19-29(22-48-34-30(35(43)44)6-3-17-37-34)46-36(47-31)27-15-13-25(14-16-27)28-5-1-4-24(18-28)20-38-32(41)7-2-8-33(42)39-45/h1,3-6,9-18,29,31,36,40,45H,2,7-8,19-22H2,(H,38,41)(H,39,42)(H,43,44)/t29-,31+,36+/m1/s1. The smallest absolute Gasteiger partial charge is 0.338 e. The molecule has 5 N–H and O–H groups in total. The molecule has 5 rings (SSSR count). The second-order valence-electron chi connectivity index (χ2n) is 11.3. The molecular weight excluding hydrogens is 634 g/mol. The number of aromatic nitrogens is 1. The van der Waals surface area contributed by atoms with Crippen molar-refractivity contribution in [2.24, 2.45) is 0 Å². The normalized spacial score (nSPS) is 17.4. The molecule has 0 radical (unpaired) electrons. The fourth-order valence-corrected chi connectivity index (χ4v) is 6.32. The van der Waals surface area contributed by atoms with E-state index in [4.69, 9.17) is 14.7 Å². The number of hydrogen-bond acceptors (Lipinski definition) is 9. The minimum absolute atomic E-state index is 0.0515. The second-order valence-corrected chi connectivity index (χ2v) is 12.3. The van der Waals surface area contributed by atoms with Gasteiger partial charge in [-0.05, 0) is 52.4 Å². The molecule has 4 aromatic rings. The van der Waals surface area contributed by atoms with Gasteiger partial charge in [0.1, 0.15) is 5.03 Å². The lowest BCUT2D eigenvalue weighted by Crippen LogP contribution is -2.31. The number of thioether (sulfide) groups is 1. The highest BCUT2D eigenvalue weighted by Crippen LogP contribution is 2.40. The van der Waals surface area contributed by atoms with Gasteiger partial charge in [-0.1, -0.05) is 66.7 Å². The lowest BCUT2D eigenvalue weighted by atomic mass is 9.99. The Morgan fingerprint density at radius 2 is 1.60 bits per heavy atom. The van der Waals surface area contributed by atoms with E-state index in [9.17, 15) is 24.6 Å². The molecule has 250 valence electrons. The van der Waals surface area contributed by atoms with Crippen LogP contribution in [0.15, 0.2) is 96.2 Å². The number of benzene rings is 3. The van der Waals surface area contributed by atoms with Crippen molar-refractivity contribution in [2.45, 2.75) is 62.4 Å². The minimum atomic E-state index is -1.03. The molecule has 0 aliphatic carbocycles. The second kappa shape index (κ2) is 17.0. The van der Waals surface area contributed by atoms with Crippen LogP contribution >= 0.6 is 11.8 Å². The first-order valence-electron chi connectivity index (χ1n) is 15.5. The van der Waals surface area contributed by atoms with Crippen molar-refractivity contribution in [1.82, 2.24) is 15.8 Å². The number of aliphatic hydroxyl groups is 1. The van der Waals surface area contributed by atoms with E-state index in [1.165, 1.54) is 17.8 Å². The molecule has 1 fully saturated rings. The van der Waals surface area contributed by atoms with Gasteiger partial charge >= 0.3 is 5.97 Å². The molecule has 1 aliphatic rings. The van der Waals surface area contributed by atoms with Gasteiger partial charge in [-0.15, -0.1) is 11.8 Å². The molecule has 1 saturated heterocycles. The van der Waals surface area contributed by atoms with Crippen LogP contribution in [0.25, 0.3) is 11.1 Å². The summed E-state index contributed by atoms with van der Waals surface area (Å²) in [6.07, 6.45) is 1.49. The molecule has 0 spiro atoms. The summed E-state index contributed by atoms with van der Waals surface area (Å²) in [5.74, 6) is -1.26. The predicted molar refractivity (Wildman–Crippen MR) is 178 cm³/mol. The third-order valence-corrected chi connectivity index (χ3v) is 9.02. The Balaban J connectivity index is 1.27. The number of nitrogens with one attached hydrogen (secondary N) is 2. The van der Waals surface area contributed by atoms with Crippen LogP contribution in [-0.2, 0) is 32.2 Å². The third-order valence-electron chi connectivity index (χ3n) is 7.89. The first kappa shape index (κ1) is 34.7. The Morgan fingerprint density at radius 1 is 0.854 bits per heavy atom. The average molecular weight is 672 g/mol. The van der Waals surface area contributed by atoms with Gasteiger partial charge in [0, 0.05) is 43.3 Å². The Bertz CT molecular complexity index is 1700. The lowest BCUT2D eigenvalue weighted by molar-refractivity contribution is -0.245. The molecule has 12 heteroatoms. The van der Waals surface area contributed by atoms with Crippen LogP contribution in [0.1, 0.15) is 70.7 Å². The number of aliphatic hydroxyl groups excluding tert-OH is 1. The fraction of sp³-hybridized carbons (Fsp3) is 0.278. The van der Waals surface area contributed by atoms with Crippen LogP contribution in [0.4, 0.5) is 0 Å². The van der Waals surface area contributed by atoms with Crippen LogP contribution in [0, 0.1) is 0 Å². The van der Waals surface area contributed by atoms with Crippen LogP contribution in [0.3, 0.4) is 0 Å². The van der Waals surface area contributed by atoms with E-state index in [-0.39, 0.29) is 43.1 Å². The monoisotopic (exact) mass is 671 g/mol. The highest BCUT2D eigenvalue weighted by Gasteiger charge is 2.32. The molecule has 0 unspecified atom stereocenters. The Labute approximate surface area is 282 Å². The maximum Gasteiger partial charge on any atom is 0.338 e. The van der Waals surface area contributed by atoms with E-state index < -0.39 is 18.2 Å². The molecule has 11 nitrogen and oxygen atoms in total. The van der Waals surface area contributed by atoms with Gasteiger partial charge in [-0.3, -0.25) is 14.8 Å². The molecule has 1 aromatic heterocycles. The van der Waals surface area contributed by atoms with E-state index in [1.807, 2.05) is 72.8 Å². The van der Waals surface area contributed by atoms with Crippen molar-refractivity contribution in [3.63, 3.8) is 0 Å². The van der Waals surface area contributed by atoms with Crippen LogP contribution in [0.5, 0.6) is 0 Å². The van der Waals surface area contributed by atoms with Crippen molar-refractivity contribution in [3.05, 3.63) is 119 Å². The van der Waals surface area contributed by atoms with Gasteiger partial charge in [0.15, 0.2) is 6.29 Å². The molecule has 48 heavy (non-hydrogen) atoms. The number of ether oxygens (including phenoxy) is 2. The SMILES string of the molecule is O=C(CCCC(=O)NCc1cccc(-c2ccc([C@H]3O[C@@H](CSc4ncccc4C(=O)O)C[C@@H](c4ccc(CO)cc4)O3)cc2)c1)NO. The van der Waals surface area contributed by atoms with E-state index >= 15 is 0 Å². The number of pyridine rings is 1. The first-order chi connectivity index (χ1) is 23.3. The molecule has 3 atom stereocenters. The maximum atomic E-state index is 12.2. The number of nitrogens with zero attached hydrogens (tertiary/aromatic N) is 1. The minimum Gasteiger partial charge on any atom is -0.478 e. The molecule has 3 aromatic carbocycles. The number of hydroxylamine groups is 1. The van der Waals surface area contributed by atoms with E-state index in [2.05, 4.69) is 10.3 Å². The number of aromatic carboxylic acids is 1. The molecule has 2 amide bonds. The quantitative estimate of drug-likeness (QED) is 0.0650. The van der Waals surface area contributed by atoms with Gasteiger partial charge in [-0.25, -0.2) is 15.3 Å². The van der Waals surface area contributed by atoms with E-state index in [0.29, 0.717) is 30.2 Å². The van der Waals surface area contributed by atoms with Crippen molar-refractivity contribution in [3.8, 4) is 11.1 Å². The molecular formula is C36H37N3O8S. The van der Waals surface area contributed by atoms with Crippen LogP contribution in [0.2, 0.25) is 0 Å². The van der Waals surface area contributed by atoms with Gasteiger partial charge in [0.2, 0.25) is 11.8 Å². The molecule has 1 aliphatic heterocycles. The highest BCUT2D eigenvalue weighted by atomic mass is 32.2. The van der Waals surface area contributed by atoms with Crippen LogP contribution < -0.4 is 10.8 Å². The summed E-state index contributed by atoms with van der Waals surface area (Å²) < 4.78 is 12.9. The predicted octanol–water partition coefficient (Wildman–Crippen LogP) is 5.57. The van der Waals surface area contributed by atoms with E-state index in [1.54, 1.807) is 17.7 Å². The van der Waals surface area contributed by atoms with Gasteiger partial charge in [0.25, 0.3) is 0 Å². The zero-order valence-electron chi connectivity index (χ0n) is 26.1. The molecule has 0 saturated carbocycles. The summed E-state index contributed by atoms with van der Waals surface area (Å²) in [4.78, 5) is 39.3. The Morgan fingerprint density at radius 3 is 2.33 bits per heavy atom. The number of carbonyl (C=O) groups is 3. The van der Waals surface area contributed by atoms with Crippen molar-refractivity contribution >= 4 is 29.5 Å². The number of carboxylic acid groups (broad SMARTS) is 1. The Kier molecular flexibility index (Phi) is 12.3. The van der Waals surface area contributed by atoms with Gasteiger partial charge in [0.05, 0.1) is 24.4 Å². The summed E-state index contributed by atoms with van der Waals surface area (Å²) in [5.41, 5.74) is 7.15. The Hall–Kier alpha value is -4.59. The van der Waals surface area contributed by atoms with E-state index in [0.717, 1.165) is 33.4 Å². The molecule has 2 heterocycles. The first-order valence-corrected chi connectivity index (χ1v) is 16.5. The maximum absolute atomic E-state index is 12.2. The number of rotatable bonds is 14. The largest absolute Gasteiger partial charge is 0.478 e. The zero-order chi connectivity index (χ0) is 33.9. The molecule has 0 bridgehead atoms. The van der Waals surface area contributed by atoms with Crippen LogP contribution in [-0.4, -0.2) is 50.0 Å². The summed E-state index contributed by atoms with van der Waals surface area (Å²) in [7, 11) is 0. The van der Waals surface area contributed by atoms with Crippen molar-refractivity contribution in [1.29, 1.82) is 0 Å². The average Bonchev–Trinajstić information content (AvgIpc) is 3.13. The number of carbonyl (C=O) groups excluding carboxylic acids is 2. The third kappa shape index (κ3) is 9.49. The topological polar surface area (TPSA) is 167 Å². The fourth-order valence-electron chi connectivity index (χ4n) is 5.31.